The van der Waals surface area contributed by atoms with Crippen molar-refractivity contribution in [3.8, 4) is 5.75 Å². The fourth-order valence-electron chi connectivity index (χ4n) is 2.32. The van der Waals surface area contributed by atoms with Gasteiger partial charge in [0.15, 0.2) is 0 Å². The molecule has 0 aliphatic heterocycles. The lowest BCUT2D eigenvalue weighted by Crippen LogP contribution is -2.17. The minimum Gasteiger partial charge on any atom is -0.489 e. The number of hydrogen-bond acceptors (Lipinski definition) is 3. The van der Waals surface area contributed by atoms with Gasteiger partial charge in [0.05, 0.1) is 6.21 Å². The van der Waals surface area contributed by atoms with Crippen molar-refractivity contribution in [3.63, 3.8) is 0 Å². The van der Waals surface area contributed by atoms with Crippen LogP contribution in [0.15, 0.2) is 84.0 Å². The van der Waals surface area contributed by atoms with Crippen LogP contribution in [-0.4, -0.2) is 12.1 Å². The van der Waals surface area contributed by atoms with Gasteiger partial charge in [-0.3, -0.25) is 4.79 Å². The summed E-state index contributed by atoms with van der Waals surface area (Å²) in [6.07, 6.45) is 1.61. The lowest BCUT2D eigenvalue weighted by atomic mass is 10.1. The van der Waals surface area contributed by atoms with Gasteiger partial charge >= 0.3 is 0 Å². The molecular formula is C22H20N2O2. The molecule has 0 unspecified atom stereocenters. The lowest BCUT2D eigenvalue weighted by Gasteiger charge is -2.07. The molecule has 1 amide bonds. The van der Waals surface area contributed by atoms with E-state index in [0.29, 0.717) is 12.2 Å². The standard InChI is InChI=1S/C22H20N2O2/c1-17-7-13-21(14-8-17)26-16-19-9-11-20(12-10-19)22(25)24-23-15-18-5-3-2-4-6-18/h2-15H,16H2,1H3,(H,24,25)/b23-15-. The summed E-state index contributed by atoms with van der Waals surface area (Å²) in [6.45, 7) is 2.49. The third-order valence-electron chi connectivity index (χ3n) is 3.82. The zero-order valence-corrected chi connectivity index (χ0v) is 14.6. The Bertz CT molecular complexity index is 870. The van der Waals surface area contributed by atoms with Crippen LogP contribution in [0.2, 0.25) is 0 Å². The molecule has 0 spiro atoms. The molecule has 3 rings (SSSR count). The fourth-order valence-corrected chi connectivity index (χ4v) is 2.32. The van der Waals surface area contributed by atoms with Gasteiger partial charge < -0.3 is 4.74 Å². The first-order valence-corrected chi connectivity index (χ1v) is 8.37. The van der Waals surface area contributed by atoms with Crippen LogP contribution in [0.25, 0.3) is 0 Å². The van der Waals surface area contributed by atoms with Crippen molar-refractivity contribution in [1.82, 2.24) is 5.43 Å². The molecule has 0 heterocycles. The maximum absolute atomic E-state index is 12.1. The number of amides is 1. The number of hydrogen-bond donors (Lipinski definition) is 1. The zero-order chi connectivity index (χ0) is 18.2. The molecule has 0 bridgehead atoms. The van der Waals surface area contributed by atoms with Crippen molar-refractivity contribution >= 4 is 12.1 Å². The molecule has 0 saturated carbocycles. The van der Waals surface area contributed by atoms with E-state index in [2.05, 4.69) is 10.5 Å². The summed E-state index contributed by atoms with van der Waals surface area (Å²) in [6, 6.07) is 24.8. The van der Waals surface area contributed by atoms with Crippen molar-refractivity contribution in [1.29, 1.82) is 0 Å². The summed E-state index contributed by atoms with van der Waals surface area (Å²) in [5.41, 5.74) is 6.20. The van der Waals surface area contributed by atoms with Gasteiger partial charge in [0.25, 0.3) is 5.91 Å². The SMILES string of the molecule is Cc1ccc(OCc2ccc(C(=O)N/N=C\c3ccccc3)cc2)cc1. The molecular weight excluding hydrogens is 324 g/mol. The Morgan fingerprint density at radius 2 is 1.65 bits per heavy atom. The first kappa shape index (κ1) is 17.4. The molecule has 0 aliphatic rings. The molecule has 0 saturated heterocycles. The van der Waals surface area contributed by atoms with Crippen LogP contribution < -0.4 is 10.2 Å². The third-order valence-corrected chi connectivity index (χ3v) is 3.82. The van der Waals surface area contributed by atoms with E-state index in [1.807, 2.05) is 73.7 Å². The Morgan fingerprint density at radius 3 is 2.35 bits per heavy atom. The Kier molecular flexibility index (Phi) is 5.78. The van der Waals surface area contributed by atoms with Crippen LogP contribution in [0.5, 0.6) is 5.75 Å². The largest absolute Gasteiger partial charge is 0.489 e. The summed E-state index contributed by atoms with van der Waals surface area (Å²) in [5, 5.41) is 3.97. The van der Waals surface area contributed by atoms with E-state index < -0.39 is 0 Å². The minimum absolute atomic E-state index is 0.247. The number of carbonyl (C=O) groups is 1. The van der Waals surface area contributed by atoms with E-state index in [1.54, 1.807) is 18.3 Å². The normalized spacial score (nSPS) is 10.7. The Morgan fingerprint density at radius 1 is 0.962 bits per heavy atom. The van der Waals surface area contributed by atoms with E-state index in [-0.39, 0.29) is 5.91 Å². The van der Waals surface area contributed by atoms with Gasteiger partial charge in [0.2, 0.25) is 0 Å². The van der Waals surface area contributed by atoms with Crippen LogP contribution in [-0.2, 0) is 6.61 Å². The molecule has 0 aliphatic carbocycles. The monoisotopic (exact) mass is 344 g/mol. The summed E-state index contributed by atoms with van der Waals surface area (Å²) in [7, 11) is 0. The van der Waals surface area contributed by atoms with Crippen LogP contribution in [0.3, 0.4) is 0 Å². The van der Waals surface area contributed by atoms with Gasteiger partial charge in [0, 0.05) is 5.56 Å². The average Bonchev–Trinajstić information content (AvgIpc) is 2.69. The second-order valence-electron chi connectivity index (χ2n) is 5.91. The minimum atomic E-state index is -0.247. The number of rotatable bonds is 6. The van der Waals surface area contributed by atoms with Gasteiger partial charge in [-0.2, -0.15) is 5.10 Å². The van der Waals surface area contributed by atoms with E-state index in [4.69, 9.17) is 4.74 Å². The number of ether oxygens (including phenoxy) is 1. The smallest absolute Gasteiger partial charge is 0.271 e. The number of hydrazone groups is 1. The van der Waals surface area contributed by atoms with Crippen molar-refractivity contribution < 1.29 is 9.53 Å². The lowest BCUT2D eigenvalue weighted by molar-refractivity contribution is 0.0955. The number of carbonyl (C=O) groups excluding carboxylic acids is 1. The molecule has 0 aromatic heterocycles. The van der Waals surface area contributed by atoms with Crippen LogP contribution in [0.4, 0.5) is 0 Å². The maximum atomic E-state index is 12.1. The van der Waals surface area contributed by atoms with Crippen LogP contribution in [0, 0.1) is 6.92 Å². The Balaban J connectivity index is 1.52. The molecule has 0 fully saturated rings. The van der Waals surface area contributed by atoms with Gasteiger partial charge in [-0.05, 0) is 42.3 Å². The molecule has 130 valence electrons. The second-order valence-corrected chi connectivity index (χ2v) is 5.91. The number of nitrogens with one attached hydrogen (secondary N) is 1. The average molecular weight is 344 g/mol. The molecule has 0 radical (unpaired) electrons. The van der Waals surface area contributed by atoms with Gasteiger partial charge in [-0.1, -0.05) is 60.2 Å². The molecule has 26 heavy (non-hydrogen) atoms. The quantitative estimate of drug-likeness (QED) is 0.534. The first-order valence-electron chi connectivity index (χ1n) is 8.37. The van der Waals surface area contributed by atoms with Crippen LogP contribution in [0.1, 0.15) is 27.0 Å². The Hall–Kier alpha value is -3.40. The molecule has 4 heteroatoms. The third kappa shape index (κ3) is 5.05. The summed E-state index contributed by atoms with van der Waals surface area (Å²) in [4.78, 5) is 12.1. The van der Waals surface area contributed by atoms with Crippen molar-refractivity contribution in [2.24, 2.45) is 5.10 Å². The highest BCUT2D eigenvalue weighted by Gasteiger charge is 2.04. The Labute approximate surface area is 153 Å². The first-order chi connectivity index (χ1) is 12.7. The molecule has 4 nitrogen and oxygen atoms in total. The van der Waals surface area contributed by atoms with Gasteiger partial charge in [0.1, 0.15) is 12.4 Å². The molecule has 3 aromatic carbocycles. The number of nitrogens with zero attached hydrogens (tertiary/aromatic N) is 1. The van der Waals surface area contributed by atoms with Crippen molar-refractivity contribution in [2.45, 2.75) is 13.5 Å². The van der Waals surface area contributed by atoms with E-state index in [0.717, 1.165) is 16.9 Å². The van der Waals surface area contributed by atoms with Crippen LogP contribution >= 0.6 is 0 Å². The van der Waals surface area contributed by atoms with Crippen molar-refractivity contribution in [3.05, 3.63) is 101 Å². The molecule has 1 N–H and O–H groups in total. The highest BCUT2D eigenvalue weighted by molar-refractivity contribution is 5.94. The molecule has 3 aromatic rings. The summed E-state index contributed by atoms with van der Waals surface area (Å²) < 4.78 is 5.74. The van der Waals surface area contributed by atoms with E-state index >= 15 is 0 Å². The van der Waals surface area contributed by atoms with Gasteiger partial charge in [-0.15, -0.1) is 0 Å². The summed E-state index contributed by atoms with van der Waals surface area (Å²) >= 11 is 0. The predicted molar refractivity (Wildman–Crippen MR) is 103 cm³/mol. The maximum Gasteiger partial charge on any atom is 0.271 e. The predicted octanol–water partition coefficient (Wildman–Crippen LogP) is 4.34. The van der Waals surface area contributed by atoms with Crippen molar-refractivity contribution in [2.75, 3.05) is 0 Å². The zero-order valence-electron chi connectivity index (χ0n) is 14.6. The summed E-state index contributed by atoms with van der Waals surface area (Å²) in [5.74, 6) is 0.579. The fraction of sp³-hybridized carbons (Fsp3) is 0.0909. The highest BCUT2D eigenvalue weighted by atomic mass is 16.5. The molecule has 0 atom stereocenters. The topological polar surface area (TPSA) is 50.7 Å². The number of benzene rings is 3. The number of aryl methyl sites for hydroxylation is 1. The van der Waals surface area contributed by atoms with E-state index in [1.165, 1.54) is 5.56 Å². The second kappa shape index (κ2) is 8.62. The van der Waals surface area contributed by atoms with Gasteiger partial charge in [-0.25, -0.2) is 5.43 Å². The highest BCUT2D eigenvalue weighted by Crippen LogP contribution is 2.14. The van der Waals surface area contributed by atoms with E-state index in [9.17, 15) is 4.79 Å².